The van der Waals surface area contributed by atoms with Gasteiger partial charge in [0.2, 0.25) is 0 Å². The molecule has 0 unspecified atom stereocenters. The van der Waals surface area contributed by atoms with Gasteiger partial charge in [0.1, 0.15) is 22.3 Å². The van der Waals surface area contributed by atoms with Crippen molar-refractivity contribution in [1.29, 1.82) is 0 Å². The molecule has 0 atom stereocenters. The summed E-state index contributed by atoms with van der Waals surface area (Å²) in [6, 6.07) is 63.5. The van der Waals surface area contributed by atoms with E-state index >= 15 is 0 Å². The molecule has 4 heteroatoms. The van der Waals surface area contributed by atoms with Crippen LogP contribution in [0.4, 0.5) is 34.1 Å². The topological polar surface area (TPSA) is 32.8 Å². The van der Waals surface area contributed by atoms with E-state index in [2.05, 4.69) is 180 Å². The van der Waals surface area contributed by atoms with E-state index in [0.29, 0.717) is 0 Å². The highest BCUT2D eigenvalue weighted by Gasteiger charge is 2.28. The Morgan fingerprint density at radius 3 is 0.920 bits per heavy atom. The number of nitrogens with zero attached hydrogens (tertiary/aromatic N) is 2. The average Bonchev–Trinajstić information content (AvgIpc) is 3.74. The number of rotatable bonds is 6. The zero-order chi connectivity index (χ0) is 33.0. The molecule has 4 nitrogen and oxygen atoms in total. The maximum atomic E-state index is 6.78. The predicted molar refractivity (Wildman–Crippen MR) is 208 cm³/mol. The summed E-state index contributed by atoms with van der Waals surface area (Å²) in [5, 5.41) is 6.32. The van der Waals surface area contributed by atoms with Crippen LogP contribution in [0.25, 0.3) is 54.6 Å². The first-order valence-electron chi connectivity index (χ1n) is 16.9. The molecule has 0 aliphatic rings. The van der Waals surface area contributed by atoms with E-state index in [0.717, 1.165) is 88.8 Å². The van der Waals surface area contributed by atoms with Crippen molar-refractivity contribution in [3.63, 3.8) is 0 Å². The summed E-state index contributed by atoms with van der Waals surface area (Å²) in [6.07, 6.45) is 0. The molecular formula is C46H30N2O2. The van der Waals surface area contributed by atoms with Crippen molar-refractivity contribution in [3.8, 4) is 0 Å². The Labute approximate surface area is 288 Å². The Bertz CT molecular complexity index is 2530. The first kappa shape index (κ1) is 28.3. The third-order valence-corrected chi connectivity index (χ3v) is 9.58. The van der Waals surface area contributed by atoms with Crippen LogP contribution in [0.5, 0.6) is 0 Å². The summed E-state index contributed by atoms with van der Waals surface area (Å²) in [6.45, 7) is 0. The molecular weight excluding hydrogens is 613 g/mol. The van der Waals surface area contributed by atoms with Crippen LogP contribution in [0, 0.1) is 0 Å². The van der Waals surface area contributed by atoms with Crippen molar-refractivity contribution in [2.45, 2.75) is 0 Å². The standard InChI is InChI=1S/C46H30N2O2/c1-5-17-31(18-6-1)47(32-19-7-2-8-20-32)45-37-29-42-44(36-26-14-16-28-40(36)50-42)46(38(37)30-41-43(45)35-25-13-15-27-39(35)49-41)48(33-21-9-3-10-22-33)34-23-11-4-12-24-34/h1-30H. The number of fused-ring (bicyclic) bond motifs is 7. The minimum absolute atomic E-state index is 0.819. The van der Waals surface area contributed by atoms with Crippen LogP contribution in [0.2, 0.25) is 0 Å². The molecule has 0 saturated heterocycles. The highest BCUT2D eigenvalue weighted by Crippen LogP contribution is 2.53. The number of hydrogen-bond acceptors (Lipinski definition) is 4. The molecule has 10 rings (SSSR count). The molecule has 0 amide bonds. The lowest BCUT2D eigenvalue weighted by Gasteiger charge is -2.30. The number of benzene rings is 8. The lowest BCUT2D eigenvalue weighted by atomic mass is 9.96. The Balaban J connectivity index is 1.46. The molecule has 0 N–H and O–H groups in total. The molecule has 2 aromatic heterocycles. The van der Waals surface area contributed by atoms with Crippen molar-refractivity contribution in [2.24, 2.45) is 0 Å². The minimum atomic E-state index is 0.819. The van der Waals surface area contributed by atoms with E-state index in [1.165, 1.54) is 0 Å². The van der Waals surface area contributed by atoms with Gasteiger partial charge in [-0.25, -0.2) is 0 Å². The second-order valence-electron chi connectivity index (χ2n) is 12.5. The van der Waals surface area contributed by atoms with E-state index in [4.69, 9.17) is 8.83 Å². The molecule has 0 spiro atoms. The fraction of sp³-hybridized carbons (Fsp3) is 0. The maximum Gasteiger partial charge on any atom is 0.138 e. The van der Waals surface area contributed by atoms with Gasteiger partial charge in [0.25, 0.3) is 0 Å². The molecule has 236 valence electrons. The van der Waals surface area contributed by atoms with E-state index < -0.39 is 0 Å². The van der Waals surface area contributed by atoms with Crippen LogP contribution >= 0.6 is 0 Å². The summed E-state index contributed by atoms with van der Waals surface area (Å²) in [5.74, 6) is 0. The van der Waals surface area contributed by atoms with Crippen LogP contribution in [0.15, 0.2) is 191 Å². The van der Waals surface area contributed by atoms with Gasteiger partial charge in [-0.2, -0.15) is 0 Å². The number of para-hydroxylation sites is 6. The van der Waals surface area contributed by atoms with Gasteiger partial charge in [0.05, 0.1) is 22.1 Å². The van der Waals surface area contributed by atoms with Crippen molar-refractivity contribution < 1.29 is 8.83 Å². The molecule has 0 fully saturated rings. The Kier molecular flexibility index (Phi) is 6.46. The number of anilines is 6. The van der Waals surface area contributed by atoms with E-state index in [9.17, 15) is 0 Å². The quantitative estimate of drug-likeness (QED) is 0.181. The average molecular weight is 643 g/mol. The van der Waals surface area contributed by atoms with Gasteiger partial charge in [0.15, 0.2) is 0 Å². The van der Waals surface area contributed by atoms with Crippen LogP contribution in [-0.2, 0) is 0 Å². The summed E-state index contributed by atoms with van der Waals surface area (Å²) < 4.78 is 13.6. The number of hydrogen-bond donors (Lipinski definition) is 0. The Morgan fingerprint density at radius 2 is 0.580 bits per heavy atom. The predicted octanol–water partition coefficient (Wildman–Crippen LogP) is 13.6. The van der Waals surface area contributed by atoms with Crippen molar-refractivity contribution in [2.75, 3.05) is 9.80 Å². The highest BCUT2D eigenvalue weighted by atomic mass is 16.3. The Hall–Kier alpha value is -6.78. The first-order valence-corrected chi connectivity index (χ1v) is 16.9. The van der Waals surface area contributed by atoms with E-state index in [1.54, 1.807) is 0 Å². The normalized spacial score (nSPS) is 11.6. The van der Waals surface area contributed by atoms with Crippen molar-refractivity contribution in [3.05, 3.63) is 182 Å². The fourth-order valence-corrected chi connectivity index (χ4v) is 7.49. The van der Waals surface area contributed by atoms with Gasteiger partial charge < -0.3 is 18.6 Å². The molecule has 0 aliphatic carbocycles. The van der Waals surface area contributed by atoms with Crippen LogP contribution in [0.1, 0.15) is 0 Å². The second kappa shape index (κ2) is 11.4. The lowest BCUT2D eigenvalue weighted by Crippen LogP contribution is -2.13. The molecule has 0 saturated carbocycles. The lowest BCUT2D eigenvalue weighted by molar-refractivity contribution is 0.668. The fourth-order valence-electron chi connectivity index (χ4n) is 7.49. The van der Waals surface area contributed by atoms with Crippen molar-refractivity contribution >= 4 is 88.8 Å². The van der Waals surface area contributed by atoms with Crippen molar-refractivity contribution in [1.82, 2.24) is 0 Å². The molecule has 2 heterocycles. The largest absolute Gasteiger partial charge is 0.456 e. The molecule has 0 radical (unpaired) electrons. The monoisotopic (exact) mass is 642 g/mol. The smallest absolute Gasteiger partial charge is 0.138 e. The summed E-state index contributed by atoms with van der Waals surface area (Å²) in [5.41, 5.74) is 9.59. The van der Waals surface area contributed by atoms with Crippen LogP contribution in [-0.4, -0.2) is 0 Å². The zero-order valence-electron chi connectivity index (χ0n) is 27.0. The summed E-state index contributed by atoms with van der Waals surface area (Å²) in [4.78, 5) is 4.72. The van der Waals surface area contributed by atoms with Crippen LogP contribution < -0.4 is 9.80 Å². The third kappa shape index (κ3) is 4.39. The van der Waals surface area contributed by atoms with Gasteiger partial charge in [-0.3, -0.25) is 0 Å². The van der Waals surface area contributed by atoms with Gasteiger partial charge in [-0.1, -0.05) is 109 Å². The SMILES string of the molecule is c1ccc(N(c2ccccc2)c2c3cc4oc5ccccc5c4c(N(c4ccccc4)c4ccccc4)c3cc3oc4ccccc4c23)cc1. The highest BCUT2D eigenvalue weighted by molar-refractivity contribution is 6.29. The first-order chi connectivity index (χ1) is 24.8. The minimum Gasteiger partial charge on any atom is -0.456 e. The second-order valence-corrected chi connectivity index (χ2v) is 12.5. The molecule has 8 aromatic carbocycles. The molecule has 0 aliphatic heterocycles. The summed E-state index contributed by atoms with van der Waals surface area (Å²) >= 11 is 0. The zero-order valence-corrected chi connectivity index (χ0v) is 27.0. The van der Waals surface area contributed by atoms with Gasteiger partial charge in [-0.05, 0) is 72.8 Å². The molecule has 10 aromatic rings. The van der Waals surface area contributed by atoms with E-state index in [1.807, 2.05) is 12.1 Å². The molecule has 0 bridgehead atoms. The number of furan rings is 2. The van der Waals surface area contributed by atoms with Gasteiger partial charge in [-0.15, -0.1) is 0 Å². The Morgan fingerprint density at radius 1 is 0.280 bits per heavy atom. The van der Waals surface area contributed by atoms with Gasteiger partial charge >= 0.3 is 0 Å². The molecule has 50 heavy (non-hydrogen) atoms. The van der Waals surface area contributed by atoms with Gasteiger partial charge in [0, 0.05) is 44.3 Å². The van der Waals surface area contributed by atoms with E-state index in [-0.39, 0.29) is 0 Å². The third-order valence-electron chi connectivity index (χ3n) is 9.58. The van der Waals surface area contributed by atoms with Crippen LogP contribution in [0.3, 0.4) is 0 Å². The maximum absolute atomic E-state index is 6.78. The summed E-state index contributed by atoms with van der Waals surface area (Å²) in [7, 11) is 0.